The van der Waals surface area contributed by atoms with Crippen LogP contribution in [0, 0.1) is 12.8 Å². The van der Waals surface area contributed by atoms with E-state index in [1.807, 2.05) is 37.3 Å². The minimum Gasteiger partial charge on any atom is -0.506 e. The van der Waals surface area contributed by atoms with Crippen LogP contribution in [-0.4, -0.2) is 41.5 Å². The normalized spacial score (nSPS) is 14.6. The molecule has 142 valence electrons. The first-order valence-corrected chi connectivity index (χ1v) is 9.09. The molecule has 6 heteroatoms. The quantitative estimate of drug-likeness (QED) is 0.796. The van der Waals surface area contributed by atoms with E-state index in [1.54, 1.807) is 23.1 Å². The van der Waals surface area contributed by atoms with E-state index in [0.29, 0.717) is 37.4 Å². The van der Waals surface area contributed by atoms with Crippen molar-refractivity contribution in [2.24, 2.45) is 5.92 Å². The predicted molar refractivity (Wildman–Crippen MR) is 103 cm³/mol. The Kier molecular flexibility index (Phi) is 5.96. The lowest BCUT2D eigenvalue weighted by Crippen LogP contribution is -2.43. The van der Waals surface area contributed by atoms with Crippen molar-refractivity contribution in [2.75, 3.05) is 25.0 Å². The van der Waals surface area contributed by atoms with Crippen LogP contribution in [0.2, 0.25) is 0 Å². The lowest BCUT2D eigenvalue weighted by molar-refractivity contribution is -0.136. The number of benzene rings is 2. The van der Waals surface area contributed by atoms with Crippen molar-refractivity contribution in [3.63, 3.8) is 0 Å². The van der Waals surface area contributed by atoms with Crippen molar-refractivity contribution >= 4 is 17.5 Å². The Bertz CT molecular complexity index is 799. The van der Waals surface area contributed by atoms with Crippen molar-refractivity contribution < 1.29 is 19.4 Å². The first-order valence-electron chi connectivity index (χ1n) is 9.09. The number of hydrogen-bond donors (Lipinski definition) is 2. The van der Waals surface area contributed by atoms with Gasteiger partial charge >= 0.3 is 0 Å². The summed E-state index contributed by atoms with van der Waals surface area (Å²) in [5.41, 5.74) is 1.39. The average Bonchev–Trinajstić information content (AvgIpc) is 2.70. The summed E-state index contributed by atoms with van der Waals surface area (Å²) in [4.78, 5) is 26.5. The number of amides is 2. The number of carbonyl (C=O) groups excluding carboxylic acids is 2. The Morgan fingerprint density at radius 3 is 2.56 bits per heavy atom. The summed E-state index contributed by atoms with van der Waals surface area (Å²) < 4.78 is 5.50. The molecule has 2 N–H and O–H groups in total. The van der Waals surface area contributed by atoms with Crippen LogP contribution in [0.4, 0.5) is 5.69 Å². The molecule has 0 unspecified atom stereocenters. The van der Waals surface area contributed by atoms with Crippen LogP contribution in [0.5, 0.6) is 11.5 Å². The van der Waals surface area contributed by atoms with Gasteiger partial charge in [-0.3, -0.25) is 9.59 Å². The highest BCUT2D eigenvalue weighted by molar-refractivity contribution is 5.94. The van der Waals surface area contributed by atoms with E-state index in [1.165, 1.54) is 0 Å². The molecule has 0 aromatic heterocycles. The summed E-state index contributed by atoms with van der Waals surface area (Å²) in [6, 6.07) is 14.3. The number of phenolic OH excluding ortho intramolecular Hbond substituents is 1. The SMILES string of the molecule is Cc1ccc(O)c(NC(=O)C2CCN(C(=O)COc3ccccc3)CC2)c1. The van der Waals surface area contributed by atoms with Crippen LogP contribution < -0.4 is 10.1 Å². The zero-order valence-corrected chi connectivity index (χ0v) is 15.4. The molecule has 0 aliphatic carbocycles. The highest BCUT2D eigenvalue weighted by Crippen LogP contribution is 2.26. The van der Waals surface area contributed by atoms with Crippen LogP contribution in [-0.2, 0) is 9.59 Å². The third-order valence-electron chi connectivity index (χ3n) is 4.73. The number of aromatic hydroxyl groups is 1. The third-order valence-corrected chi connectivity index (χ3v) is 4.73. The number of piperidine rings is 1. The van der Waals surface area contributed by atoms with E-state index in [9.17, 15) is 14.7 Å². The van der Waals surface area contributed by atoms with Gasteiger partial charge in [0.25, 0.3) is 5.91 Å². The monoisotopic (exact) mass is 368 g/mol. The van der Waals surface area contributed by atoms with Crippen molar-refractivity contribution in [3.05, 3.63) is 54.1 Å². The molecule has 0 spiro atoms. The maximum absolute atomic E-state index is 12.5. The van der Waals surface area contributed by atoms with Gasteiger partial charge < -0.3 is 20.1 Å². The fourth-order valence-corrected chi connectivity index (χ4v) is 3.13. The van der Waals surface area contributed by atoms with Gasteiger partial charge in [-0.1, -0.05) is 24.3 Å². The number of likely N-dealkylation sites (tertiary alicyclic amines) is 1. The second kappa shape index (κ2) is 8.58. The van der Waals surface area contributed by atoms with Gasteiger partial charge in [0.2, 0.25) is 5.91 Å². The van der Waals surface area contributed by atoms with Crippen molar-refractivity contribution in [2.45, 2.75) is 19.8 Å². The summed E-state index contributed by atoms with van der Waals surface area (Å²) in [6.45, 7) is 2.94. The molecule has 2 aromatic rings. The number of rotatable bonds is 5. The average molecular weight is 368 g/mol. The molecule has 1 aliphatic heterocycles. The first kappa shape index (κ1) is 18.8. The Morgan fingerprint density at radius 2 is 1.85 bits per heavy atom. The van der Waals surface area contributed by atoms with Gasteiger partial charge in [0.15, 0.2) is 6.61 Å². The highest BCUT2D eigenvalue weighted by atomic mass is 16.5. The Labute approximate surface area is 158 Å². The Balaban J connectivity index is 1.47. The lowest BCUT2D eigenvalue weighted by atomic mass is 9.95. The van der Waals surface area contributed by atoms with Crippen molar-refractivity contribution in [1.82, 2.24) is 4.90 Å². The molecule has 1 fully saturated rings. The van der Waals surface area contributed by atoms with Gasteiger partial charge in [-0.2, -0.15) is 0 Å². The summed E-state index contributed by atoms with van der Waals surface area (Å²) in [6.07, 6.45) is 1.19. The highest BCUT2D eigenvalue weighted by Gasteiger charge is 2.27. The molecular formula is C21H24N2O4. The molecule has 3 rings (SSSR count). The summed E-state index contributed by atoms with van der Waals surface area (Å²) in [5.74, 6) is 0.347. The number of aryl methyl sites for hydroxylation is 1. The van der Waals surface area contributed by atoms with Crippen LogP contribution >= 0.6 is 0 Å². The summed E-state index contributed by atoms with van der Waals surface area (Å²) in [5, 5.41) is 12.7. The number of hydrogen-bond acceptors (Lipinski definition) is 4. The van der Waals surface area contributed by atoms with Gasteiger partial charge in [-0.15, -0.1) is 0 Å². The van der Waals surface area contributed by atoms with Crippen LogP contribution in [0.15, 0.2) is 48.5 Å². The summed E-state index contributed by atoms with van der Waals surface area (Å²) in [7, 11) is 0. The van der Waals surface area contributed by atoms with Crippen molar-refractivity contribution in [3.8, 4) is 11.5 Å². The molecule has 1 heterocycles. The predicted octanol–water partition coefficient (Wildman–Crippen LogP) is 2.96. The smallest absolute Gasteiger partial charge is 0.260 e. The maximum Gasteiger partial charge on any atom is 0.260 e. The van der Waals surface area contributed by atoms with Gasteiger partial charge in [-0.05, 0) is 49.6 Å². The minimum absolute atomic E-state index is 0.00194. The Hall–Kier alpha value is -3.02. The number of ether oxygens (including phenoxy) is 1. The van der Waals surface area contributed by atoms with Crippen LogP contribution in [0.1, 0.15) is 18.4 Å². The second-order valence-electron chi connectivity index (χ2n) is 6.77. The fourth-order valence-electron chi connectivity index (χ4n) is 3.13. The van der Waals surface area contributed by atoms with Crippen LogP contribution in [0.3, 0.4) is 0 Å². The molecule has 0 saturated carbocycles. The minimum atomic E-state index is -0.177. The second-order valence-corrected chi connectivity index (χ2v) is 6.77. The molecular weight excluding hydrogens is 344 g/mol. The van der Waals surface area contributed by atoms with E-state index < -0.39 is 0 Å². The van der Waals surface area contributed by atoms with Crippen LogP contribution in [0.25, 0.3) is 0 Å². The topological polar surface area (TPSA) is 78.9 Å². The number of anilines is 1. The number of nitrogens with one attached hydrogen (secondary N) is 1. The number of carbonyl (C=O) groups is 2. The number of para-hydroxylation sites is 1. The Morgan fingerprint density at radius 1 is 1.15 bits per heavy atom. The van der Waals surface area contributed by atoms with Gasteiger partial charge in [0.1, 0.15) is 11.5 Å². The maximum atomic E-state index is 12.5. The zero-order chi connectivity index (χ0) is 19.2. The molecule has 1 saturated heterocycles. The van der Waals surface area contributed by atoms with E-state index in [-0.39, 0.29) is 30.1 Å². The molecule has 27 heavy (non-hydrogen) atoms. The molecule has 2 amide bonds. The first-order chi connectivity index (χ1) is 13.0. The number of nitrogens with zero attached hydrogens (tertiary/aromatic N) is 1. The van der Waals surface area contributed by atoms with E-state index >= 15 is 0 Å². The molecule has 6 nitrogen and oxygen atoms in total. The zero-order valence-electron chi connectivity index (χ0n) is 15.4. The standard InChI is InChI=1S/C21H24N2O4/c1-15-7-8-19(24)18(13-15)22-21(26)16-9-11-23(12-10-16)20(25)14-27-17-5-3-2-4-6-17/h2-8,13,16,24H,9-12,14H2,1H3,(H,22,26). The van der Waals surface area contributed by atoms with Crippen molar-refractivity contribution in [1.29, 1.82) is 0 Å². The van der Waals surface area contributed by atoms with E-state index in [4.69, 9.17) is 4.74 Å². The lowest BCUT2D eigenvalue weighted by Gasteiger charge is -2.31. The molecule has 0 radical (unpaired) electrons. The van der Waals surface area contributed by atoms with E-state index in [2.05, 4.69) is 5.32 Å². The largest absolute Gasteiger partial charge is 0.506 e. The van der Waals surface area contributed by atoms with Gasteiger partial charge in [0, 0.05) is 19.0 Å². The summed E-state index contributed by atoms with van der Waals surface area (Å²) >= 11 is 0. The molecule has 2 aromatic carbocycles. The molecule has 1 aliphatic rings. The van der Waals surface area contributed by atoms with E-state index in [0.717, 1.165) is 5.56 Å². The number of phenols is 1. The fraction of sp³-hybridized carbons (Fsp3) is 0.333. The van der Waals surface area contributed by atoms with Gasteiger partial charge in [-0.25, -0.2) is 0 Å². The van der Waals surface area contributed by atoms with Gasteiger partial charge in [0.05, 0.1) is 5.69 Å². The molecule has 0 bridgehead atoms. The molecule has 0 atom stereocenters. The third kappa shape index (κ3) is 5.00.